The van der Waals surface area contributed by atoms with Crippen molar-refractivity contribution in [2.45, 2.75) is 56.7 Å². The van der Waals surface area contributed by atoms with Gasteiger partial charge in [0.2, 0.25) is 0 Å². The van der Waals surface area contributed by atoms with Gasteiger partial charge in [0.15, 0.2) is 0 Å². The molecule has 4 heteroatoms. The van der Waals surface area contributed by atoms with E-state index in [4.69, 9.17) is 0 Å². The highest BCUT2D eigenvalue weighted by atomic mass is 32.2. The van der Waals surface area contributed by atoms with Gasteiger partial charge in [-0.3, -0.25) is 9.78 Å². The Morgan fingerprint density at radius 3 is 2.52 bits per heavy atom. The molecule has 1 amide bonds. The van der Waals surface area contributed by atoms with Gasteiger partial charge in [-0.2, -0.15) is 0 Å². The highest BCUT2D eigenvalue weighted by molar-refractivity contribution is 7.98. The maximum atomic E-state index is 12.3. The molecule has 0 bridgehead atoms. The Morgan fingerprint density at radius 2 is 1.88 bits per heavy atom. The Bertz CT molecular complexity index is 641. The van der Waals surface area contributed by atoms with E-state index >= 15 is 0 Å². The predicted octanol–water partition coefficient (Wildman–Crippen LogP) is 5.32. The van der Waals surface area contributed by atoms with Gasteiger partial charge in [0.25, 0.3) is 5.91 Å². The largest absolute Gasteiger partial charge is 0.350 e. The highest BCUT2D eigenvalue weighted by Gasteiger charge is 2.10. The van der Waals surface area contributed by atoms with Gasteiger partial charge in [-0.05, 0) is 55.2 Å². The molecule has 3 nitrogen and oxygen atoms in total. The molecule has 134 valence electrons. The first kappa shape index (κ1) is 19.5. The summed E-state index contributed by atoms with van der Waals surface area (Å²) in [5, 5.41) is 3.09. The molecule has 1 heterocycles. The van der Waals surface area contributed by atoms with Gasteiger partial charge in [0.05, 0.1) is 0 Å². The van der Waals surface area contributed by atoms with Gasteiger partial charge in [-0.15, -0.1) is 11.8 Å². The summed E-state index contributed by atoms with van der Waals surface area (Å²) >= 11 is 1.75. The van der Waals surface area contributed by atoms with Crippen LogP contribution in [-0.4, -0.2) is 16.9 Å². The number of carbonyl (C=O) groups is 1. The molecule has 0 fully saturated rings. The van der Waals surface area contributed by atoms with Gasteiger partial charge in [-0.1, -0.05) is 32.8 Å². The van der Waals surface area contributed by atoms with E-state index < -0.39 is 0 Å². The minimum Gasteiger partial charge on any atom is -0.350 e. The molecular weight excluding hydrogens is 328 g/mol. The number of carbonyl (C=O) groups excluding carboxylic acids is 1. The Morgan fingerprint density at radius 1 is 1.12 bits per heavy atom. The summed E-state index contributed by atoms with van der Waals surface area (Å²) in [5.74, 6) is 1.62. The van der Waals surface area contributed by atoms with Crippen molar-refractivity contribution < 1.29 is 4.79 Å². The summed E-state index contributed by atoms with van der Waals surface area (Å²) in [4.78, 5) is 17.6. The quantitative estimate of drug-likeness (QED) is 0.618. The summed E-state index contributed by atoms with van der Waals surface area (Å²) in [6, 6.07) is 12.1. The third-order valence-corrected chi connectivity index (χ3v) is 5.12. The number of aromatic nitrogens is 1. The zero-order chi connectivity index (χ0) is 18.1. The van der Waals surface area contributed by atoms with Crippen LogP contribution < -0.4 is 5.32 Å². The van der Waals surface area contributed by atoms with Crippen LogP contribution in [0.3, 0.4) is 0 Å². The van der Waals surface area contributed by atoms with Crippen molar-refractivity contribution in [3.63, 3.8) is 0 Å². The number of rotatable bonds is 9. The second-order valence-corrected chi connectivity index (χ2v) is 7.92. The van der Waals surface area contributed by atoms with Gasteiger partial charge in [0, 0.05) is 34.6 Å². The number of nitrogens with one attached hydrogen (secondary N) is 1. The number of amides is 1. The van der Waals surface area contributed by atoms with Crippen LogP contribution in [0.5, 0.6) is 0 Å². The van der Waals surface area contributed by atoms with Crippen molar-refractivity contribution in [1.29, 1.82) is 0 Å². The number of benzene rings is 1. The summed E-state index contributed by atoms with van der Waals surface area (Å²) in [6.07, 6.45) is 7.07. The van der Waals surface area contributed by atoms with Crippen LogP contribution in [0.2, 0.25) is 0 Å². The topological polar surface area (TPSA) is 42.0 Å². The minimum atomic E-state index is 0.0147. The molecule has 0 saturated carbocycles. The fourth-order valence-electron chi connectivity index (χ4n) is 2.56. The van der Waals surface area contributed by atoms with E-state index in [2.05, 4.69) is 37.1 Å². The fraction of sp³-hybridized carbons (Fsp3) is 0.429. The van der Waals surface area contributed by atoms with Crippen LogP contribution in [0.25, 0.3) is 0 Å². The van der Waals surface area contributed by atoms with Crippen molar-refractivity contribution in [3.05, 3.63) is 59.9 Å². The Kier molecular flexibility index (Phi) is 7.99. The monoisotopic (exact) mass is 356 g/mol. The van der Waals surface area contributed by atoms with Crippen molar-refractivity contribution in [3.8, 4) is 0 Å². The fourth-order valence-corrected chi connectivity index (χ4v) is 3.40. The zero-order valence-electron chi connectivity index (χ0n) is 15.4. The molecule has 2 aromatic rings. The second kappa shape index (κ2) is 10.2. The SMILES string of the molecule is CC(C)CCCC(C)NC(=O)c1ccc(SCc2cccnc2)cc1. The first-order valence-corrected chi connectivity index (χ1v) is 9.96. The predicted molar refractivity (Wildman–Crippen MR) is 106 cm³/mol. The summed E-state index contributed by atoms with van der Waals surface area (Å²) in [6.45, 7) is 6.55. The lowest BCUT2D eigenvalue weighted by molar-refractivity contribution is 0.0937. The standard InChI is InChI=1S/C21H28N2OS/c1-16(2)6-4-7-17(3)23-21(24)19-9-11-20(12-10-19)25-15-18-8-5-13-22-14-18/h5,8-14,16-17H,4,6-7,15H2,1-3H3,(H,23,24). The maximum absolute atomic E-state index is 12.3. The molecule has 1 aromatic carbocycles. The molecule has 2 rings (SSSR count). The number of pyridine rings is 1. The van der Waals surface area contributed by atoms with Crippen LogP contribution in [0.4, 0.5) is 0 Å². The first-order valence-electron chi connectivity index (χ1n) is 8.97. The summed E-state index contributed by atoms with van der Waals surface area (Å²) in [7, 11) is 0. The molecule has 0 radical (unpaired) electrons. The lowest BCUT2D eigenvalue weighted by atomic mass is 10.0. The average molecular weight is 357 g/mol. The van der Waals surface area contributed by atoms with Gasteiger partial charge < -0.3 is 5.32 Å². The Balaban J connectivity index is 1.79. The molecule has 25 heavy (non-hydrogen) atoms. The third-order valence-electron chi connectivity index (χ3n) is 4.04. The second-order valence-electron chi connectivity index (χ2n) is 6.87. The number of thioether (sulfide) groups is 1. The molecule has 0 aliphatic carbocycles. The number of hydrogen-bond donors (Lipinski definition) is 1. The van der Waals surface area contributed by atoms with Crippen molar-refractivity contribution in [1.82, 2.24) is 10.3 Å². The van der Waals surface area contributed by atoms with Crippen LogP contribution >= 0.6 is 11.8 Å². The van der Waals surface area contributed by atoms with Crippen LogP contribution in [0.1, 0.15) is 56.0 Å². The van der Waals surface area contributed by atoms with E-state index in [9.17, 15) is 4.79 Å². The van der Waals surface area contributed by atoms with Gasteiger partial charge in [-0.25, -0.2) is 0 Å². The van der Waals surface area contributed by atoms with E-state index in [1.165, 1.54) is 12.0 Å². The summed E-state index contributed by atoms with van der Waals surface area (Å²) < 4.78 is 0. The van der Waals surface area contributed by atoms with Crippen LogP contribution in [0, 0.1) is 5.92 Å². The van der Waals surface area contributed by atoms with Gasteiger partial charge >= 0.3 is 0 Å². The zero-order valence-corrected chi connectivity index (χ0v) is 16.2. The lowest BCUT2D eigenvalue weighted by Gasteiger charge is -2.14. The van der Waals surface area contributed by atoms with Crippen molar-refractivity contribution >= 4 is 17.7 Å². The Hall–Kier alpha value is -1.81. The Labute approximate surface area is 155 Å². The third kappa shape index (κ3) is 7.30. The molecule has 1 atom stereocenters. The van der Waals surface area contributed by atoms with Crippen molar-refractivity contribution in [2.24, 2.45) is 5.92 Å². The number of nitrogens with zero attached hydrogens (tertiary/aromatic N) is 1. The molecule has 0 aliphatic rings. The summed E-state index contributed by atoms with van der Waals surface area (Å²) in [5.41, 5.74) is 1.92. The molecule has 0 saturated heterocycles. The highest BCUT2D eigenvalue weighted by Crippen LogP contribution is 2.22. The smallest absolute Gasteiger partial charge is 0.251 e. The van der Waals surface area contributed by atoms with E-state index in [0.717, 1.165) is 35.0 Å². The minimum absolute atomic E-state index is 0.0147. The average Bonchev–Trinajstić information content (AvgIpc) is 2.61. The maximum Gasteiger partial charge on any atom is 0.251 e. The first-order chi connectivity index (χ1) is 12.0. The van der Waals surface area contributed by atoms with E-state index in [-0.39, 0.29) is 11.9 Å². The van der Waals surface area contributed by atoms with Gasteiger partial charge in [0.1, 0.15) is 0 Å². The lowest BCUT2D eigenvalue weighted by Crippen LogP contribution is -2.32. The molecular formula is C21H28N2OS. The number of hydrogen-bond acceptors (Lipinski definition) is 3. The van der Waals surface area contributed by atoms with Crippen LogP contribution in [0.15, 0.2) is 53.7 Å². The van der Waals surface area contributed by atoms with Crippen molar-refractivity contribution in [2.75, 3.05) is 0 Å². The molecule has 1 N–H and O–H groups in total. The van der Waals surface area contributed by atoms with E-state index in [1.807, 2.05) is 36.5 Å². The molecule has 1 unspecified atom stereocenters. The molecule has 1 aromatic heterocycles. The normalized spacial score (nSPS) is 12.2. The van der Waals surface area contributed by atoms with E-state index in [0.29, 0.717) is 0 Å². The molecule has 0 spiro atoms. The molecule has 0 aliphatic heterocycles. The van der Waals surface area contributed by atoms with Crippen LogP contribution in [-0.2, 0) is 5.75 Å². The van der Waals surface area contributed by atoms with E-state index in [1.54, 1.807) is 18.0 Å².